The first kappa shape index (κ1) is 20.4. The predicted octanol–water partition coefficient (Wildman–Crippen LogP) is 5.68. The highest BCUT2D eigenvalue weighted by Crippen LogP contribution is 2.36. The summed E-state index contributed by atoms with van der Waals surface area (Å²) in [6.07, 6.45) is 5.80. The molecule has 2 heterocycles. The number of aromatic nitrogens is 3. The van der Waals surface area contributed by atoms with Crippen molar-refractivity contribution < 1.29 is 4.79 Å². The summed E-state index contributed by atoms with van der Waals surface area (Å²) in [7, 11) is 0. The Hall–Kier alpha value is -1.83. The molecule has 4 rings (SSSR count). The number of carbonyl (C=O) groups excluding carboxylic acids is 1. The van der Waals surface area contributed by atoms with Crippen molar-refractivity contribution >= 4 is 46.3 Å². The van der Waals surface area contributed by atoms with Crippen molar-refractivity contribution in [1.29, 1.82) is 0 Å². The third kappa shape index (κ3) is 4.68. The van der Waals surface area contributed by atoms with E-state index in [-0.39, 0.29) is 11.7 Å². The maximum atomic E-state index is 12.3. The summed E-state index contributed by atoms with van der Waals surface area (Å²) in [6, 6.07) is 7.11. The molecule has 0 atom stereocenters. The number of nitrogens with one attached hydrogen (secondary N) is 1. The lowest BCUT2D eigenvalue weighted by molar-refractivity contribution is -0.113. The van der Waals surface area contributed by atoms with Crippen molar-refractivity contribution in [3.8, 4) is 11.4 Å². The molecule has 3 aromatic rings. The molecule has 152 valence electrons. The molecule has 1 amide bonds. The van der Waals surface area contributed by atoms with Crippen LogP contribution < -0.4 is 5.32 Å². The van der Waals surface area contributed by atoms with E-state index in [1.54, 1.807) is 24.3 Å². The summed E-state index contributed by atoms with van der Waals surface area (Å²) < 4.78 is 2.16. The van der Waals surface area contributed by atoms with Gasteiger partial charge in [-0.25, -0.2) is 0 Å². The number of thioether (sulfide) groups is 1. The minimum atomic E-state index is -0.0715. The van der Waals surface area contributed by atoms with Crippen LogP contribution in [0.2, 0.25) is 5.02 Å². The van der Waals surface area contributed by atoms with Crippen LogP contribution in [0.1, 0.15) is 36.6 Å². The molecule has 29 heavy (non-hydrogen) atoms. The number of aryl methyl sites for hydroxylation is 1. The standard InChI is InChI=1S/C21H23ClN4OS2/c1-2-11-26-20(17-12-28-18-6-4-3-5-16(17)18)24-25-21(26)29-13-19(27)23-15-9-7-14(22)8-10-15/h7-10,12H,2-6,11,13H2,1H3,(H,23,27). The number of benzene rings is 1. The molecule has 1 aliphatic carbocycles. The topological polar surface area (TPSA) is 59.8 Å². The second-order valence-electron chi connectivity index (χ2n) is 7.06. The van der Waals surface area contributed by atoms with Crippen molar-refractivity contribution in [3.63, 3.8) is 0 Å². The largest absolute Gasteiger partial charge is 0.325 e. The smallest absolute Gasteiger partial charge is 0.234 e. The molecule has 0 saturated carbocycles. The van der Waals surface area contributed by atoms with Crippen LogP contribution in [0.25, 0.3) is 11.4 Å². The van der Waals surface area contributed by atoms with Gasteiger partial charge in [0, 0.05) is 33.1 Å². The van der Waals surface area contributed by atoms with Gasteiger partial charge in [0.05, 0.1) is 5.75 Å². The van der Waals surface area contributed by atoms with Crippen LogP contribution in [-0.2, 0) is 24.2 Å². The van der Waals surface area contributed by atoms with Crippen LogP contribution in [0.4, 0.5) is 5.69 Å². The Labute approximate surface area is 183 Å². The summed E-state index contributed by atoms with van der Waals surface area (Å²) in [5.74, 6) is 1.15. The fourth-order valence-electron chi connectivity index (χ4n) is 3.56. The minimum Gasteiger partial charge on any atom is -0.325 e. The van der Waals surface area contributed by atoms with Gasteiger partial charge >= 0.3 is 0 Å². The molecule has 5 nitrogen and oxygen atoms in total. The van der Waals surface area contributed by atoms with Crippen LogP contribution in [0.5, 0.6) is 0 Å². The lowest BCUT2D eigenvalue weighted by atomic mass is 9.95. The summed E-state index contributed by atoms with van der Waals surface area (Å²) in [4.78, 5) is 13.8. The molecular formula is C21H23ClN4OS2. The van der Waals surface area contributed by atoms with Crippen molar-refractivity contribution in [2.24, 2.45) is 0 Å². The van der Waals surface area contributed by atoms with Crippen LogP contribution in [0, 0.1) is 0 Å². The molecule has 0 radical (unpaired) electrons. The van der Waals surface area contributed by atoms with Crippen molar-refractivity contribution in [1.82, 2.24) is 14.8 Å². The number of rotatable bonds is 7. The number of amides is 1. The summed E-state index contributed by atoms with van der Waals surface area (Å²) in [5.41, 5.74) is 3.41. The van der Waals surface area contributed by atoms with E-state index in [0.29, 0.717) is 5.02 Å². The van der Waals surface area contributed by atoms with E-state index in [9.17, 15) is 4.79 Å². The van der Waals surface area contributed by atoms with E-state index in [4.69, 9.17) is 11.6 Å². The van der Waals surface area contributed by atoms with Gasteiger partial charge in [0.2, 0.25) is 5.91 Å². The highest BCUT2D eigenvalue weighted by Gasteiger charge is 2.22. The number of fused-ring (bicyclic) bond motifs is 1. The quantitative estimate of drug-likeness (QED) is 0.474. The normalized spacial score (nSPS) is 13.3. The number of anilines is 1. The van der Waals surface area contributed by atoms with Gasteiger partial charge in [0.15, 0.2) is 11.0 Å². The molecule has 0 aliphatic heterocycles. The zero-order valence-electron chi connectivity index (χ0n) is 16.3. The lowest BCUT2D eigenvalue weighted by Crippen LogP contribution is -2.14. The molecule has 2 aromatic heterocycles. The molecule has 0 bridgehead atoms. The van der Waals surface area contributed by atoms with Crippen molar-refractivity contribution in [2.45, 2.75) is 50.7 Å². The fraction of sp³-hybridized carbons (Fsp3) is 0.381. The minimum absolute atomic E-state index is 0.0715. The van der Waals surface area contributed by atoms with E-state index in [0.717, 1.165) is 36.1 Å². The Morgan fingerprint density at radius 3 is 2.83 bits per heavy atom. The number of nitrogens with zero attached hydrogens (tertiary/aromatic N) is 3. The third-order valence-corrected chi connectivity index (χ3v) is 7.23. The Bertz CT molecular complexity index is 997. The van der Waals surface area contributed by atoms with E-state index < -0.39 is 0 Å². The molecule has 0 spiro atoms. The van der Waals surface area contributed by atoms with Gasteiger partial charge in [-0.15, -0.1) is 21.5 Å². The highest BCUT2D eigenvalue weighted by molar-refractivity contribution is 7.99. The monoisotopic (exact) mass is 446 g/mol. The van der Waals surface area contributed by atoms with E-state index in [2.05, 4.69) is 32.4 Å². The first-order valence-electron chi connectivity index (χ1n) is 9.86. The van der Waals surface area contributed by atoms with Crippen molar-refractivity contribution in [2.75, 3.05) is 11.1 Å². The molecule has 8 heteroatoms. The second kappa shape index (κ2) is 9.32. The molecule has 0 saturated heterocycles. The zero-order valence-corrected chi connectivity index (χ0v) is 18.7. The highest BCUT2D eigenvalue weighted by atomic mass is 35.5. The maximum absolute atomic E-state index is 12.3. The molecule has 1 N–H and O–H groups in total. The number of thiophene rings is 1. The summed E-state index contributed by atoms with van der Waals surface area (Å²) in [5, 5.41) is 15.5. The van der Waals surface area contributed by atoms with Gasteiger partial charge in [-0.1, -0.05) is 30.3 Å². The lowest BCUT2D eigenvalue weighted by Gasteiger charge is -2.13. The number of hydrogen-bond donors (Lipinski definition) is 1. The molecule has 0 fully saturated rings. The van der Waals surface area contributed by atoms with Gasteiger partial charge in [-0.3, -0.25) is 4.79 Å². The number of halogens is 1. The zero-order chi connectivity index (χ0) is 20.2. The first-order chi connectivity index (χ1) is 14.2. The molecule has 1 aliphatic rings. The molecule has 0 unspecified atom stereocenters. The average Bonchev–Trinajstić information content (AvgIpc) is 3.32. The Morgan fingerprint density at radius 1 is 1.24 bits per heavy atom. The Morgan fingerprint density at radius 2 is 2.03 bits per heavy atom. The van der Waals surface area contributed by atoms with E-state index in [1.165, 1.54) is 47.0 Å². The van der Waals surface area contributed by atoms with Crippen LogP contribution in [0.3, 0.4) is 0 Å². The number of carbonyl (C=O) groups is 1. The third-order valence-electron chi connectivity index (χ3n) is 4.93. The van der Waals surface area contributed by atoms with Gasteiger partial charge in [-0.05, 0) is 61.9 Å². The number of hydrogen-bond acceptors (Lipinski definition) is 5. The van der Waals surface area contributed by atoms with Crippen LogP contribution >= 0.6 is 34.7 Å². The Kier molecular flexibility index (Phi) is 6.57. The summed E-state index contributed by atoms with van der Waals surface area (Å²) in [6.45, 7) is 2.99. The SMILES string of the molecule is CCCn1c(SCC(=O)Nc2ccc(Cl)cc2)nnc1-c1csc2c1CCCC2. The maximum Gasteiger partial charge on any atom is 0.234 e. The van der Waals surface area contributed by atoms with Gasteiger partial charge in [0.1, 0.15) is 0 Å². The first-order valence-corrected chi connectivity index (χ1v) is 12.1. The van der Waals surface area contributed by atoms with E-state index >= 15 is 0 Å². The summed E-state index contributed by atoms with van der Waals surface area (Å²) >= 11 is 9.16. The average molecular weight is 447 g/mol. The second-order valence-corrected chi connectivity index (χ2v) is 9.40. The Balaban J connectivity index is 1.49. The molecular weight excluding hydrogens is 424 g/mol. The fourth-order valence-corrected chi connectivity index (χ4v) is 5.58. The van der Waals surface area contributed by atoms with Crippen LogP contribution in [0.15, 0.2) is 34.8 Å². The van der Waals surface area contributed by atoms with Crippen LogP contribution in [-0.4, -0.2) is 26.4 Å². The van der Waals surface area contributed by atoms with Gasteiger partial charge in [0.25, 0.3) is 0 Å². The molecule has 1 aromatic carbocycles. The van der Waals surface area contributed by atoms with Gasteiger partial charge < -0.3 is 9.88 Å². The van der Waals surface area contributed by atoms with Gasteiger partial charge in [-0.2, -0.15) is 0 Å². The predicted molar refractivity (Wildman–Crippen MR) is 121 cm³/mol. The van der Waals surface area contributed by atoms with E-state index in [1.807, 2.05) is 11.3 Å². The van der Waals surface area contributed by atoms with Crippen molar-refractivity contribution in [3.05, 3.63) is 45.1 Å².